The van der Waals surface area contributed by atoms with Gasteiger partial charge in [0.05, 0.1) is 25.7 Å². The lowest BCUT2D eigenvalue weighted by Crippen LogP contribution is -2.24. The van der Waals surface area contributed by atoms with Gasteiger partial charge in [-0.3, -0.25) is 0 Å². The van der Waals surface area contributed by atoms with Gasteiger partial charge in [-0.05, 0) is 39.7 Å². The molecule has 0 amide bonds. The zero-order chi connectivity index (χ0) is 23.9. The number of nitriles is 1. The van der Waals surface area contributed by atoms with Crippen LogP contribution in [0, 0.1) is 17.2 Å². The van der Waals surface area contributed by atoms with Gasteiger partial charge in [0, 0.05) is 6.04 Å². The Hall–Kier alpha value is -0.200. The average molecular weight is 471 g/mol. The van der Waals surface area contributed by atoms with Gasteiger partial charge in [-0.2, -0.15) is 5.26 Å². The zero-order valence-corrected chi connectivity index (χ0v) is 23.1. The molecule has 0 saturated carbocycles. The van der Waals surface area contributed by atoms with Crippen LogP contribution in [-0.4, -0.2) is 31.0 Å². The fraction of sp³-hybridized carbons (Fsp3) is 0.963. The lowest BCUT2D eigenvalue weighted by Gasteiger charge is -2.30. The van der Waals surface area contributed by atoms with E-state index in [2.05, 4.69) is 45.5 Å². The molecule has 0 saturated heterocycles. The van der Waals surface area contributed by atoms with E-state index in [1.807, 2.05) is 0 Å². The normalized spacial score (nSPS) is 13.6. The summed E-state index contributed by atoms with van der Waals surface area (Å²) in [5.74, 6) is 0.631. The molecule has 2 atom stereocenters. The van der Waals surface area contributed by atoms with Crippen LogP contribution in [0.25, 0.3) is 0 Å². The molecule has 0 aliphatic heterocycles. The summed E-state index contributed by atoms with van der Waals surface area (Å²) < 4.78 is 14.5. The van der Waals surface area contributed by atoms with Gasteiger partial charge in [-0.15, -0.1) is 0 Å². The van der Waals surface area contributed by atoms with Crippen molar-refractivity contribution in [2.75, 3.05) is 20.3 Å². The number of hydrogen-bond donors (Lipinski definition) is 0. The Labute approximate surface area is 202 Å². The highest BCUT2D eigenvalue weighted by Crippen LogP contribution is 2.44. The van der Waals surface area contributed by atoms with Gasteiger partial charge in [-0.25, -0.2) is 4.67 Å². The van der Waals surface area contributed by atoms with Crippen LogP contribution in [0.1, 0.15) is 137 Å². The fourth-order valence-electron chi connectivity index (χ4n) is 3.84. The lowest BCUT2D eigenvalue weighted by atomic mass is 9.95. The molecule has 0 radical (unpaired) electrons. The van der Waals surface area contributed by atoms with Crippen molar-refractivity contribution in [2.45, 2.75) is 143 Å². The topological polar surface area (TPSA) is 45.5 Å². The predicted octanol–water partition coefficient (Wildman–Crippen LogP) is 9.40. The number of rotatable bonds is 24. The highest BCUT2D eigenvalue weighted by molar-refractivity contribution is 7.44. The number of unbranched alkanes of at least 4 members (excludes halogenated alkanes) is 12. The second kappa shape index (κ2) is 23.9. The van der Waals surface area contributed by atoms with E-state index in [1.165, 1.54) is 103 Å². The first-order valence-electron chi connectivity index (χ1n) is 13.7. The number of hydrogen-bond acceptors (Lipinski definition) is 4. The van der Waals surface area contributed by atoms with Crippen LogP contribution in [0.3, 0.4) is 0 Å². The van der Waals surface area contributed by atoms with Gasteiger partial charge >= 0.3 is 0 Å². The lowest BCUT2D eigenvalue weighted by molar-refractivity contribution is 0.170. The van der Waals surface area contributed by atoms with Crippen molar-refractivity contribution in [2.24, 2.45) is 5.92 Å². The van der Waals surface area contributed by atoms with Crippen molar-refractivity contribution in [3.8, 4) is 6.07 Å². The summed E-state index contributed by atoms with van der Waals surface area (Å²) in [5.41, 5.74) is 0. The third-order valence-corrected chi connectivity index (χ3v) is 8.02. The molecule has 0 aromatic heterocycles. The molecule has 0 aromatic rings. The zero-order valence-electron chi connectivity index (χ0n) is 22.2. The average Bonchev–Trinajstić information content (AvgIpc) is 2.78. The van der Waals surface area contributed by atoms with Gasteiger partial charge < -0.3 is 9.05 Å². The van der Waals surface area contributed by atoms with Crippen LogP contribution in [0.15, 0.2) is 0 Å². The van der Waals surface area contributed by atoms with Crippen LogP contribution in [0.5, 0.6) is 0 Å². The first-order valence-corrected chi connectivity index (χ1v) is 14.8. The van der Waals surface area contributed by atoms with E-state index in [9.17, 15) is 0 Å². The van der Waals surface area contributed by atoms with E-state index in [4.69, 9.17) is 14.3 Å². The Kier molecular flexibility index (Phi) is 23.8. The van der Waals surface area contributed by atoms with Crippen LogP contribution in [-0.2, 0) is 9.05 Å². The Bertz CT molecular complexity index is 428. The molecular weight excluding hydrogens is 415 g/mol. The first-order chi connectivity index (χ1) is 15.6. The Morgan fingerprint density at radius 3 is 1.66 bits per heavy atom. The fourth-order valence-corrected chi connectivity index (χ4v) is 5.24. The second-order valence-electron chi connectivity index (χ2n) is 9.63. The van der Waals surface area contributed by atoms with E-state index in [-0.39, 0.29) is 0 Å². The summed E-state index contributed by atoms with van der Waals surface area (Å²) >= 11 is 0. The molecule has 190 valence electrons. The van der Waals surface area contributed by atoms with Crippen molar-refractivity contribution in [3.05, 3.63) is 0 Å². The summed E-state index contributed by atoms with van der Waals surface area (Å²) in [6, 6.07) is 2.54. The molecule has 0 rings (SSSR count). The van der Waals surface area contributed by atoms with E-state index in [0.29, 0.717) is 25.0 Å². The molecule has 4 nitrogen and oxygen atoms in total. The van der Waals surface area contributed by atoms with Crippen molar-refractivity contribution in [1.82, 2.24) is 4.67 Å². The third kappa shape index (κ3) is 19.3. The standard InChI is InChI=1S/C27H55N2O2P/c1-6-8-10-12-14-15-17-19-22-27(21-18-16-13-11-9-7-2)25-31-32(29(5)26(3)4)30-24-20-23-28/h26-27H,6-22,24-25H2,1-5H3. The SMILES string of the molecule is CCCCCCCCCCC(CCCCCCCC)COP(OCCC#N)N(C)C(C)C. The molecule has 0 fully saturated rings. The molecule has 0 spiro atoms. The Balaban J connectivity index is 4.45. The third-order valence-electron chi connectivity index (χ3n) is 6.27. The summed E-state index contributed by atoms with van der Waals surface area (Å²) in [6.07, 6.45) is 22.1. The summed E-state index contributed by atoms with van der Waals surface area (Å²) in [6.45, 7) is 10.1. The summed E-state index contributed by atoms with van der Waals surface area (Å²) in [7, 11) is 0.993. The van der Waals surface area contributed by atoms with Gasteiger partial charge in [0.1, 0.15) is 0 Å². The maximum atomic E-state index is 8.84. The van der Waals surface area contributed by atoms with E-state index in [0.717, 1.165) is 6.61 Å². The van der Waals surface area contributed by atoms with Crippen molar-refractivity contribution >= 4 is 8.53 Å². The van der Waals surface area contributed by atoms with E-state index >= 15 is 0 Å². The molecule has 0 bridgehead atoms. The molecule has 2 unspecified atom stereocenters. The predicted molar refractivity (Wildman–Crippen MR) is 141 cm³/mol. The summed E-state index contributed by atoms with van der Waals surface area (Å²) in [5, 5.41) is 8.84. The molecule has 32 heavy (non-hydrogen) atoms. The quantitative estimate of drug-likeness (QED) is 0.104. The van der Waals surface area contributed by atoms with Gasteiger partial charge in [0.15, 0.2) is 0 Å². The second-order valence-corrected chi connectivity index (χ2v) is 11.3. The van der Waals surface area contributed by atoms with Crippen LogP contribution >= 0.6 is 8.53 Å². The highest BCUT2D eigenvalue weighted by Gasteiger charge is 2.22. The van der Waals surface area contributed by atoms with Gasteiger partial charge in [-0.1, -0.05) is 104 Å². The maximum Gasteiger partial charge on any atom is 0.258 e. The molecule has 0 heterocycles. The maximum absolute atomic E-state index is 8.84. The highest BCUT2D eigenvalue weighted by atomic mass is 31.2. The minimum atomic E-state index is -1.08. The van der Waals surface area contributed by atoms with Gasteiger partial charge in [0.25, 0.3) is 8.53 Å². The molecule has 0 aliphatic carbocycles. The monoisotopic (exact) mass is 470 g/mol. The largest absolute Gasteiger partial charge is 0.322 e. The smallest absolute Gasteiger partial charge is 0.258 e. The molecule has 5 heteroatoms. The molecule has 0 aliphatic rings. The number of nitrogens with zero attached hydrogens (tertiary/aromatic N) is 2. The van der Waals surface area contributed by atoms with Crippen LogP contribution in [0.4, 0.5) is 0 Å². The first kappa shape index (κ1) is 31.8. The minimum Gasteiger partial charge on any atom is -0.322 e. The molecular formula is C27H55N2O2P. The Morgan fingerprint density at radius 2 is 1.22 bits per heavy atom. The van der Waals surface area contributed by atoms with Crippen molar-refractivity contribution in [3.63, 3.8) is 0 Å². The minimum absolute atomic E-state index is 0.368. The summed E-state index contributed by atoms with van der Waals surface area (Å²) in [4.78, 5) is 0. The van der Waals surface area contributed by atoms with Gasteiger partial charge in [0.2, 0.25) is 0 Å². The molecule has 0 N–H and O–H groups in total. The van der Waals surface area contributed by atoms with Crippen LogP contribution < -0.4 is 0 Å². The van der Waals surface area contributed by atoms with Crippen molar-refractivity contribution in [1.29, 1.82) is 5.26 Å². The van der Waals surface area contributed by atoms with E-state index < -0.39 is 8.53 Å². The molecule has 0 aromatic carbocycles. The van der Waals surface area contributed by atoms with E-state index in [1.54, 1.807) is 0 Å². The van der Waals surface area contributed by atoms with Crippen molar-refractivity contribution < 1.29 is 9.05 Å². The van der Waals surface area contributed by atoms with Crippen LogP contribution in [0.2, 0.25) is 0 Å². The Morgan fingerprint density at radius 1 is 0.750 bits per heavy atom.